The number of benzene rings is 3. The van der Waals surface area contributed by atoms with Crippen LogP contribution in [0.15, 0.2) is 70.3 Å². The Labute approximate surface area is 173 Å². The number of carbonyl (C=O) groups is 1. The summed E-state index contributed by atoms with van der Waals surface area (Å²) in [6.45, 7) is 0. The third-order valence-electron chi connectivity index (χ3n) is 4.04. The number of phenols is 1. The van der Waals surface area contributed by atoms with Gasteiger partial charge in [0.1, 0.15) is 5.75 Å². The van der Waals surface area contributed by atoms with Crippen molar-refractivity contribution in [1.82, 2.24) is 15.2 Å². The highest BCUT2D eigenvalue weighted by atomic mass is 79.9. The lowest BCUT2D eigenvalue weighted by molar-refractivity contribution is -0.113. The van der Waals surface area contributed by atoms with Gasteiger partial charge in [-0.1, -0.05) is 58.0 Å². The van der Waals surface area contributed by atoms with Crippen molar-refractivity contribution < 1.29 is 9.90 Å². The van der Waals surface area contributed by atoms with Gasteiger partial charge in [0, 0.05) is 10.2 Å². The zero-order valence-corrected chi connectivity index (χ0v) is 16.9. The number of halogens is 1. The third-order valence-corrected chi connectivity index (χ3v) is 5.38. The number of thioether (sulfide) groups is 1. The number of aromatic hydroxyl groups is 1. The van der Waals surface area contributed by atoms with Gasteiger partial charge in [-0.2, -0.15) is 0 Å². The Morgan fingerprint density at radius 3 is 2.79 bits per heavy atom. The molecule has 0 fully saturated rings. The van der Waals surface area contributed by atoms with E-state index in [1.165, 1.54) is 11.8 Å². The number of carbonyl (C=O) groups excluding carboxylic acids is 1. The minimum absolute atomic E-state index is 0.102. The predicted molar refractivity (Wildman–Crippen MR) is 114 cm³/mol. The molecule has 1 aromatic heterocycles. The van der Waals surface area contributed by atoms with Crippen molar-refractivity contribution in [2.45, 2.75) is 5.16 Å². The summed E-state index contributed by atoms with van der Waals surface area (Å²) in [5.41, 5.74) is 1.29. The van der Waals surface area contributed by atoms with Crippen molar-refractivity contribution in [2.75, 3.05) is 11.1 Å². The molecular formula is C20H15BrN4O2S. The van der Waals surface area contributed by atoms with Crippen molar-refractivity contribution in [3.8, 4) is 17.1 Å². The molecule has 4 aromatic rings. The van der Waals surface area contributed by atoms with Crippen LogP contribution in [-0.2, 0) is 4.79 Å². The second-order valence-electron chi connectivity index (χ2n) is 6.03. The van der Waals surface area contributed by atoms with Crippen LogP contribution in [0, 0.1) is 0 Å². The molecule has 0 aliphatic heterocycles. The van der Waals surface area contributed by atoms with Crippen molar-refractivity contribution in [3.63, 3.8) is 0 Å². The third kappa shape index (κ3) is 4.18. The van der Waals surface area contributed by atoms with Crippen molar-refractivity contribution in [2.24, 2.45) is 0 Å². The molecule has 0 unspecified atom stereocenters. The molecule has 0 radical (unpaired) electrons. The summed E-state index contributed by atoms with van der Waals surface area (Å²) >= 11 is 4.58. The van der Waals surface area contributed by atoms with Gasteiger partial charge in [-0.05, 0) is 41.1 Å². The van der Waals surface area contributed by atoms with Crippen LogP contribution in [0.1, 0.15) is 0 Å². The van der Waals surface area contributed by atoms with E-state index in [-0.39, 0.29) is 17.4 Å². The number of anilines is 1. The smallest absolute Gasteiger partial charge is 0.234 e. The Hall–Kier alpha value is -2.84. The van der Waals surface area contributed by atoms with Crippen LogP contribution in [0.5, 0.6) is 5.75 Å². The Bertz CT molecular complexity index is 1160. The zero-order chi connectivity index (χ0) is 19.5. The highest BCUT2D eigenvalue weighted by molar-refractivity contribution is 9.10. The van der Waals surface area contributed by atoms with Crippen LogP contribution in [0.3, 0.4) is 0 Å². The normalized spacial score (nSPS) is 10.9. The van der Waals surface area contributed by atoms with Crippen LogP contribution < -0.4 is 5.32 Å². The van der Waals surface area contributed by atoms with Gasteiger partial charge < -0.3 is 10.4 Å². The Kier molecular flexibility index (Phi) is 5.31. The van der Waals surface area contributed by atoms with E-state index >= 15 is 0 Å². The maximum atomic E-state index is 12.3. The average molecular weight is 455 g/mol. The minimum Gasteiger partial charge on any atom is -0.507 e. The van der Waals surface area contributed by atoms with E-state index in [0.717, 1.165) is 20.9 Å². The number of aromatic amines is 1. The lowest BCUT2D eigenvalue weighted by Gasteiger charge is -2.05. The number of phenolic OH excluding ortho intramolecular Hbond substituents is 1. The Morgan fingerprint density at radius 2 is 1.93 bits per heavy atom. The summed E-state index contributed by atoms with van der Waals surface area (Å²) in [6, 6.07) is 18.8. The molecule has 3 aromatic carbocycles. The number of hydrogen-bond donors (Lipinski definition) is 3. The molecule has 0 atom stereocenters. The van der Waals surface area contributed by atoms with Crippen molar-refractivity contribution >= 4 is 50.1 Å². The van der Waals surface area contributed by atoms with Gasteiger partial charge in [0.25, 0.3) is 0 Å². The molecular weight excluding hydrogens is 440 g/mol. The van der Waals surface area contributed by atoms with Crippen molar-refractivity contribution in [1.29, 1.82) is 0 Å². The van der Waals surface area contributed by atoms with E-state index < -0.39 is 0 Å². The summed E-state index contributed by atoms with van der Waals surface area (Å²) in [5, 5.41) is 22.4. The second kappa shape index (κ2) is 8.04. The summed E-state index contributed by atoms with van der Waals surface area (Å²) in [4.78, 5) is 16.6. The molecule has 1 heterocycles. The van der Waals surface area contributed by atoms with E-state index in [9.17, 15) is 9.90 Å². The number of H-pyrrole nitrogens is 1. The fraction of sp³-hybridized carbons (Fsp3) is 0.0500. The number of nitrogens with one attached hydrogen (secondary N) is 2. The molecule has 1 amide bonds. The van der Waals surface area contributed by atoms with Crippen LogP contribution in [0.2, 0.25) is 0 Å². The topological polar surface area (TPSA) is 90.9 Å². The number of hydrogen-bond acceptors (Lipinski definition) is 5. The van der Waals surface area contributed by atoms with Gasteiger partial charge in [0.15, 0.2) is 5.82 Å². The first-order chi connectivity index (χ1) is 13.6. The SMILES string of the molecule is O=C(CSc1n[nH]c(-c2cc(Br)ccc2O)n1)Nc1ccc2ccccc2c1. The van der Waals surface area contributed by atoms with Gasteiger partial charge >= 0.3 is 0 Å². The molecule has 28 heavy (non-hydrogen) atoms. The summed E-state index contributed by atoms with van der Waals surface area (Å²) in [5.74, 6) is 0.576. The summed E-state index contributed by atoms with van der Waals surface area (Å²) in [7, 11) is 0. The van der Waals surface area contributed by atoms with Crippen LogP contribution in [0.25, 0.3) is 22.2 Å². The molecule has 0 spiro atoms. The van der Waals surface area contributed by atoms with E-state index in [1.807, 2.05) is 42.5 Å². The standard InChI is InChI=1S/C20H15BrN4O2S/c21-14-6-8-17(26)16(10-14)19-23-20(25-24-19)28-11-18(27)22-15-7-5-12-3-1-2-4-13(12)9-15/h1-10,26H,11H2,(H,22,27)(H,23,24,25). The molecule has 0 saturated carbocycles. The number of amides is 1. The molecule has 0 aliphatic rings. The van der Waals surface area contributed by atoms with Gasteiger partial charge in [0.2, 0.25) is 11.1 Å². The molecule has 6 nitrogen and oxygen atoms in total. The number of fused-ring (bicyclic) bond motifs is 1. The zero-order valence-electron chi connectivity index (χ0n) is 14.5. The first-order valence-electron chi connectivity index (χ1n) is 8.41. The van der Waals surface area contributed by atoms with E-state index in [0.29, 0.717) is 16.5 Å². The van der Waals surface area contributed by atoms with Gasteiger partial charge in [-0.25, -0.2) is 4.98 Å². The van der Waals surface area contributed by atoms with Gasteiger partial charge in [0.05, 0.1) is 11.3 Å². The first-order valence-corrected chi connectivity index (χ1v) is 10.2. The average Bonchev–Trinajstić information content (AvgIpc) is 3.17. The fourth-order valence-electron chi connectivity index (χ4n) is 2.72. The van der Waals surface area contributed by atoms with Crippen LogP contribution in [-0.4, -0.2) is 31.9 Å². The van der Waals surface area contributed by atoms with E-state index in [4.69, 9.17) is 0 Å². The quantitative estimate of drug-likeness (QED) is 0.376. The molecule has 140 valence electrons. The highest BCUT2D eigenvalue weighted by Crippen LogP contribution is 2.30. The van der Waals surface area contributed by atoms with E-state index in [2.05, 4.69) is 36.4 Å². The van der Waals surface area contributed by atoms with Crippen molar-refractivity contribution in [3.05, 3.63) is 65.1 Å². The lowest BCUT2D eigenvalue weighted by atomic mass is 10.1. The highest BCUT2D eigenvalue weighted by Gasteiger charge is 2.12. The largest absolute Gasteiger partial charge is 0.507 e. The van der Waals surface area contributed by atoms with E-state index in [1.54, 1.807) is 18.2 Å². The maximum absolute atomic E-state index is 12.3. The Morgan fingerprint density at radius 1 is 1.11 bits per heavy atom. The first kappa shape index (κ1) is 18.5. The molecule has 4 rings (SSSR count). The number of nitrogens with zero attached hydrogens (tertiary/aromatic N) is 2. The second-order valence-corrected chi connectivity index (χ2v) is 7.89. The molecule has 8 heteroatoms. The molecule has 0 aliphatic carbocycles. The predicted octanol–water partition coefficient (Wildman–Crippen LogP) is 4.82. The molecule has 3 N–H and O–H groups in total. The summed E-state index contributed by atoms with van der Waals surface area (Å²) in [6.07, 6.45) is 0. The maximum Gasteiger partial charge on any atom is 0.234 e. The van der Waals surface area contributed by atoms with Gasteiger partial charge in [-0.15, -0.1) is 5.10 Å². The minimum atomic E-state index is -0.142. The molecule has 0 bridgehead atoms. The summed E-state index contributed by atoms with van der Waals surface area (Å²) < 4.78 is 0.820. The number of rotatable bonds is 5. The molecule has 0 saturated heterocycles. The van der Waals surface area contributed by atoms with Crippen LogP contribution >= 0.6 is 27.7 Å². The van der Waals surface area contributed by atoms with Gasteiger partial charge in [-0.3, -0.25) is 9.89 Å². The fourth-order valence-corrected chi connectivity index (χ4v) is 3.68. The lowest BCUT2D eigenvalue weighted by Crippen LogP contribution is -2.14. The number of aromatic nitrogens is 3. The Balaban J connectivity index is 1.39. The van der Waals surface area contributed by atoms with Crippen LogP contribution in [0.4, 0.5) is 5.69 Å². The monoisotopic (exact) mass is 454 g/mol.